The predicted octanol–water partition coefficient (Wildman–Crippen LogP) is -0.807. The summed E-state index contributed by atoms with van der Waals surface area (Å²) in [4.78, 5) is 34.7. The van der Waals surface area contributed by atoms with Crippen LogP contribution < -0.4 is 22.1 Å². The Morgan fingerprint density at radius 1 is 1.17 bits per heavy atom. The van der Waals surface area contributed by atoms with Crippen molar-refractivity contribution in [3.63, 3.8) is 0 Å². The highest BCUT2D eigenvalue weighted by molar-refractivity contribution is 5.90. The van der Waals surface area contributed by atoms with Crippen LogP contribution in [0.5, 0.6) is 0 Å². The van der Waals surface area contributed by atoms with Gasteiger partial charge in [-0.3, -0.25) is 14.4 Å². The lowest BCUT2D eigenvalue weighted by molar-refractivity contribution is -0.129. The molecule has 0 aromatic heterocycles. The number of benzene rings is 1. The molecule has 6 N–H and O–H groups in total. The van der Waals surface area contributed by atoms with Crippen LogP contribution in [0.4, 0.5) is 4.39 Å². The number of carbonyl (C=O) groups is 3. The number of nitrogens with two attached hydrogens (primary N) is 2. The zero-order valence-corrected chi connectivity index (χ0v) is 12.7. The first-order chi connectivity index (χ1) is 10.9. The highest BCUT2D eigenvalue weighted by atomic mass is 19.1. The number of halogens is 1. The molecule has 1 atom stereocenters. The topological polar surface area (TPSA) is 127 Å². The quantitative estimate of drug-likeness (QED) is 0.474. The molecule has 0 bridgehead atoms. The van der Waals surface area contributed by atoms with Crippen LogP contribution in [0.2, 0.25) is 0 Å². The molecule has 3 amide bonds. The summed E-state index contributed by atoms with van der Waals surface area (Å²) in [6.07, 6.45) is 0.893. The third-order valence-corrected chi connectivity index (χ3v) is 3.06. The lowest BCUT2D eigenvalue weighted by atomic mass is 10.1. The van der Waals surface area contributed by atoms with E-state index in [-0.39, 0.29) is 24.7 Å². The Balaban J connectivity index is 2.60. The van der Waals surface area contributed by atoms with E-state index in [2.05, 4.69) is 10.6 Å². The molecule has 0 fully saturated rings. The normalized spacial score (nSPS) is 11.6. The van der Waals surface area contributed by atoms with Gasteiger partial charge in [-0.2, -0.15) is 0 Å². The lowest BCUT2D eigenvalue weighted by Crippen LogP contribution is -2.49. The molecule has 0 unspecified atom stereocenters. The fourth-order valence-corrected chi connectivity index (χ4v) is 1.92. The van der Waals surface area contributed by atoms with Crippen molar-refractivity contribution in [2.24, 2.45) is 11.5 Å². The number of nitrogens with one attached hydrogen (secondary N) is 2. The van der Waals surface area contributed by atoms with Crippen LogP contribution in [0.25, 0.3) is 0 Å². The van der Waals surface area contributed by atoms with E-state index in [0.29, 0.717) is 24.9 Å². The van der Waals surface area contributed by atoms with E-state index in [4.69, 9.17) is 11.5 Å². The summed E-state index contributed by atoms with van der Waals surface area (Å²) in [5.41, 5.74) is 11.0. The molecule has 0 aliphatic heterocycles. The van der Waals surface area contributed by atoms with Crippen molar-refractivity contribution in [3.05, 3.63) is 35.6 Å². The van der Waals surface area contributed by atoms with Crippen LogP contribution in [-0.2, 0) is 20.8 Å². The largest absolute Gasteiger partial charge is 0.368 e. The molecule has 0 saturated carbocycles. The molecule has 126 valence electrons. The molecule has 8 heteroatoms. The number of amides is 3. The van der Waals surface area contributed by atoms with Crippen LogP contribution in [0.3, 0.4) is 0 Å². The summed E-state index contributed by atoms with van der Waals surface area (Å²) in [5.74, 6) is -1.94. The minimum absolute atomic E-state index is 0.0164. The van der Waals surface area contributed by atoms with E-state index in [1.807, 2.05) is 0 Å². The van der Waals surface area contributed by atoms with Gasteiger partial charge in [0.1, 0.15) is 11.9 Å². The van der Waals surface area contributed by atoms with Crippen molar-refractivity contribution in [1.82, 2.24) is 10.6 Å². The van der Waals surface area contributed by atoms with Crippen LogP contribution in [0.15, 0.2) is 24.3 Å². The van der Waals surface area contributed by atoms with Crippen LogP contribution >= 0.6 is 0 Å². The van der Waals surface area contributed by atoms with E-state index in [1.165, 1.54) is 24.3 Å². The van der Waals surface area contributed by atoms with E-state index < -0.39 is 17.9 Å². The van der Waals surface area contributed by atoms with Gasteiger partial charge in [0, 0.05) is 0 Å². The van der Waals surface area contributed by atoms with Gasteiger partial charge in [0.25, 0.3) is 0 Å². The summed E-state index contributed by atoms with van der Waals surface area (Å²) in [6, 6.07) is 4.71. The molecular weight excluding hydrogens is 303 g/mol. The molecule has 0 radical (unpaired) electrons. The first kappa shape index (κ1) is 18.6. The van der Waals surface area contributed by atoms with Crippen molar-refractivity contribution in [1.29, 1.82) is 0 Å². The Bertz CT molecular complexity index is 548. The van der Waals surface area contributed by atoms with E-state index in [9.17, 15) is 18.8 Å². The van der Waals surface area contributed by atoms with E-state index in [1.54, 1.807) is 0 Å². The second kappa shape index (κ2) is 9.52. The molecule has 1 rings (SSSR count). The maximum atomic E-state index is 12.8. The van der Waals surface area contributed by atoms with Crippen molar-refractivity contribution < 1.29 is 18.8 Å². The van der Waals surface area contributed by atoms with Gasteiger partial charge in [0.05, 0.1) is 13.0 Å². The molecule has 0 aliphatic carbocycles. The van der Waals surface area contributed by atoms with Gasteiger partial charge in [-0.05, 0) is 37.1 Å². The van der Waals surface area contributed by atoms with Gasteiger partial charge >= 0.3 is 0 Å². The molecule has 23 heavy (non-hydrogen) atoms. The van der Waals surface area contributed by atoms with Crippen LogP contribution in [0, 0.1) is 5.82 Å². The Hall–Kier alpha value is -2.48. The summed E-state index contributed by atoms with van der Waals surface area (Å²) in [5, 5.41) is 4.94. The van der Waals surface area contributed by atoms with Crippen LogP contribution in [0.1, 0.15) is 18.4 Å². The summed E-state index contributed by atoms with van der Waals surface area (Å²) in [7, 11) is 0. The Kier molecular flexibility index (Phi) is 7.69. The number of carbonyl (C=O) groups excluding carboxylic acids is 3. The molecular formula is C15H21FN4O3. The average molecular weight is 324 g/mol. The van der Waals surface area contributed by atoms with Gasteiger partial charge in [0.2, 0.25) is 17.7 Å². The minimum Gasteiger partial charge on any atom is -0.368 e. The second-order valence-electron chi connectivity index (χ2n) is 5.04. The summed E-state index contributed by atoms with van der Waals surface area (Å²) in [6.45, 7) is 0.0687. The van der Waals surface area contributed by atoms with E-state index in [0.717, 1.165) is 0 Å². The van der Waals surface area contributed by atoms with Crippen molar-refractivity contribution in [2.45, 2.75) is 25.3 Å². The second-order valence-corrected chi connectivity index (χ2v) is 5.04. The first-order valence-electron chi connectivity index (χ1n) is 7.22. The standard InChI is InChI=1S/C15H21FN4O3/c16-11-5-3-10(4-6-11)8-14(22)20-12(2-1-7-17)15(23)19-9-13(18)21/h3-6,12H,1-2,7-9,17H2,(H2,18,21)(H,19,23)(H,20,22)/t12-/m1/s1. The monoisotopic (exact) mass is 324 g/mol. The third-order valence-electron chi connectivity index (χ3n) is 3.06. The van der Waals surface area contributed by atoms with Gasteiger partial charge < -0.3 is 22.1 Å². The van der Waals surface area contributed by atoms with Gasteiger partial charge in [0.15, 0.2) is 0 Å². The van der Waals surface area contributed by atoms with Crippen LogP contribution in [-0.4, -0.2) is 36.9 Å². The SMILES string of the molecule is NCCC[C@@H](NC(=O)Cc1ccc(F)cc1)C(=O)NCC(N)=O. The zero-order chi connectivity index (χ0) is 17.2. The summed E-state index contributed by atoms with van der Waals surface area (Å²) < 4.78 is 12.8. The van der Waals surface area contributed by atoms with Gasteiger partial charge in [-0.1, -0.05) is 12.1 Å². The van der Waals surface area contributed by atoms with E-state index >= 15 is 0 Å². The molecule has 7 nitrogen and oxygen atoms in total. The minimum atomic E-state index is -0.800. The Morgan fingerprint density at radius 2 is 1.83 bits per heavy atom. The number of hydrogen-bond acceptors (Lipinski definition) is 4. The number of rotatable bonds is 9. The van der Waals surface area contributed by atoms with Gasteiger partial charge in [-0.25, -0.2) is 4.39 Å². The zero-order valence-electron chi connectivity index (χ0n) is 12.7. The number of primary amides is 1. The number of hydrogen-bond donors (Lipinski definition) is 4. The molecule has 0 saturated heterocycles. The fraction of sp³-hybridized carbons (Fsp3) is 0.400. The molecule has 0 heterocycles. The predicted molar refractivity (Wildman–Crippen MR) is 82.5 cm³/mol. The lowest BCUT2D eigenvalue weighted by Gasteiger charge is -2.18. The molecule has 0 spiro atoms. The highest BCUT2D eigenvalue weighted by Gasteiger charge is 2.20. The molecule has 1 aromatic carbocycles. The van der Waals surface area contributed by atoms with Crippen molar-refractivity contribution in [2.75, 3.05) is 13.1 Å². The Labute approximate surface area is 133 Å². The maximum Gasteiger partial charge on any atom is 0.243 e. The Morgan fingerprint density at radius 3 is 2.39 bits per heavy atom. The van der Waals surface area contributed by atoms with Crippen molar-refractivity contribution in [3.8, 4) is 0 Å². The highest BCUT2D eigenvalue weighted by Crippen LogP contribution is 2.04. The maximum absolute atomic E-state index is 12.8. The fourth-order valence-electron chi connectivity index (χ4n) is 1.92. The third kappa shape index (κ3) is 7.37. The smallest absolute Gasteiger partial charge is 0.243 e. The average Bonchev–Trinajstić information content (AvgIpc) is 2.51. The van der Waals surface area contributed by atoms with Gasteiger partial charge in [-0.15, -0.1) is 0 Å². The first-order valence-corrected chi connectivity index (χ1v) is 7.22. The van der Waals surface area contributed by atoms with Crippen molar-refractivity contribution >= 4 is 17.7 Å². The molecule has 0 aliphatic rings. The summed E-state index contributed by atoms with van der Waals surface area (Å²) >= 11 is 0. The molecule has 1 aromatic rings.